The summed E-state index contributed by atoms with van der Waals surface area (Å²) in [5.41, 5.74) is 9.17. The first-order chi connectivity index (χ1) is 11.5. The average molecular weight is 336 g/mol. The van der Waals surface area contributed by atoms with E-state index in [1.54, 1.807) is 11.3 Å². The summed E-state index contributed by atoms with van der Waals surface area (Å²) in [6.45, 7) is 3.07. The Balaban J connectivity index is 1.76. The number of fused-ring (bicyclic) bond motifs is 1. The molecule has 4 rings (SSSR count). The molecule has 4 nitrogen and oxygen atoms in total. The molecule has 1 atom stereocenters. The average Bonchev–Trinajstić information content (AvgIpc) is 3.03. The number of nitrogens with zero attached hydrogens (tertiary/aromatic N) is 3. The standard InChI is InChI=1S/C19H20N4S/c1-19(10-11-23(2)18(20)22-19)14-7-5-6-13(12-14)17-21-15-8-3-4-9-16(15)24-17/h3-9,12H,10-11H2,1-2H3,(H2,20,22)/t19-/m0/s1. The van der Waals surface area contributed by atoms with Gasteiger partial charge in [-0.2, -0.15) is 0 Å². The molecule has 3 aromatic rings. The van der Waals surface area contributed by atoms with Gasteiger partial charge in [-0.05, 0) is 37.1 Å². The summed E-state index contributed by atoms with van der Waals surface area (Å²) >= 11 is 1.73. The van der Waals surface area contributed by atoms with Crippen molar-refractivity contribution in [2.45, 2.75) is 18.9 Å². The van der Waals surface area contributed by atoms with E-state index in [0.29, 0.717) is 5.96 Å². The zero-order valence-electron chi connectivity index (χ0n) is 13.9. The first kappa shape index (κ1) is 15.1. The molecular formula is C19H20N4S. The van der Waals surface area contributed by atoms with Gasteiger partial charge in [0.05, 0.1) is 15.8 Å². The molecule has 0 saturated carbocycles. The Morgan fingerprint density at radius 2 is 2.00 bits per heavy atom. The smallest absolute Gasteiger partial charge is 0.191 e. The molecule has 0 radical (unpaired) electrons. The van der Waals surface area contributed by atoms with E-state index in [1.807, 2.05) is 18.0 Å². The van der Waals surface area contributed by atoms with Crippen LogP contribution in [0.25, 0.3) is 20.8 Å². The molecule has 0 spiro atoms. The van der Waals surface area contributed by atoms with Gasteiger partial charge in [-0.25, -0.2) is 9.98 Å². The lowest BCUT2D eigenvalue weighted by molar-refractivity contribution is 0.339. The highest BCUT2D eigenvalue weighted by Crippen LogP contribution is 2.36. The molecule has 0 bridgehead atoms. The van der Waals surface area contributed by atoms with E-state index in [4.69, 9.17) is 15.7 Å². The minimum absolute atomic E-state index is 0.275. The lowest BCUT2D eigenvalue weighted by atomic mass is 9.87. The van der Waals surface area contributed by atoms with Crippen molar-refractivity contribution in [3.63, 3.8) is 0 Å². The number of thiazole rings is 1. The quantitative estimate of drug-likeness (QED) is 0.774. The molecule has 5 heteroatoms. The van der Waals surface area contributed by atoms with Crippen LogP contribution in [0.1, 0.15) is 18.9 Å². The molecule has 1 aromatic heterocycles. The van der Waals surface area contributed by atoms with Crippen LogP contribution in [-0.2, 0) is 5.54 Å². The van der Waals surface area contributed by atoms with Crippen LogP contribution in [-0.4, -0.2) is 29.4 Å². The second-order valence-electron chi connectivity index (χ2n) is 6.48. The highest BCUT2D eigenvalue weighted by molar-refractivity contribution is 7.21. The second-order valence-corrected chi connectivity index (χ2v) is 7.51. The van der Waals surface area contributed by atoms with Gasteiger partial charge in [-0.1, -0.05) is 30.3 Å². The molecule has 1 aliphatic heterocycles. The zero-order chi connectivity index (χ0) is 16.7. The third-order valence-electron chi connectivity index (χ3n) is 4.71. The van der Waals surface area contributed by atoms with Gasteiger partial charge in [0.25, 0.3) is 0 Å². The van der Waals surface area contributed by atoms with Gasteiger partial charge >= 0.3 is 0 Å². The van der Waals surface area contributed by atoms with Gasteiger partial charge in [0.15, 0.2) is 5.96 Å². The highest BCUT2D eigenvalue weighted by Gasteiger charge is 2.31. The molecule has 0 saturated heterocycles. The Morgan fingerprint density at radius 3 is 2.79 bits per heavy atom. The second kappa shape index (κ2) is 5.60. The van der Waals surface area contributed by atoms with Crippen LogP contribution in [0.4, 0.5) is 0 Å². The van der Waals surface area contributed by atoms with E-state index >= 15 is 0 Å². The van der Waals surface area contributed by atoms with Crippen molar-refractivity contribution in [1.29, 1.82) is 0 Å². The van der Waals surface area contributed by atoms with E-state index < -0.39 is 0 Å². The number of guanidine groups is 1. The number of rotatable bonds is 2. The van der Waals surface area contributed by atoms with Crippen molar-refractivity contribution in [3.8, 4) is 10.6 Å². The third kappa shape index (κ3) is 2.55. The maximum atomic E-state index is 6.06. The summed E-state index contributed by atoms with van der Waals surface area (Å²) in [5, 5.41) is 1.05. The Kier molecular flexibility index (Phi) is 3.53. The van der Waals surface area contributed by atoms with Crippen LogP contribution in [0.15, 0.2) is 53.5 Å². The number of para-hydroxylation sites is 1. The largest absolute Gasteiger partial charge is 0.370 e. The maximum absolute atomic E-state index is 6.06. The third-order valence-corrected chi connectivity index (χ3v) is 5.80. The Morgan fingerprint density at radius 1 is 1.17 bits per heavy atom. The summed E-state index contributed by atoms with van der Waals surface area (Å²) in [6, 6.07) is 16.8. The predicted octanol–water partition coefficient (Wildman–Crippen LogP) is 3.83. The molecule has 0 unspecified atom stereocenters. The van der Waals surface area contributed by atoms with Crippen molar-refractivity contribution in [1.82, 2.24) is 9.88 Å². The highest BCUT2D eigenvalue weighted by atomic mass is 32.1. The van der Waals surface area contributed by atoms with E-state index in [-0.39, 0.29) is 5.54 Å². The van der Waals surface area contributed by atoms with Crippen molar-refractivity contribution in [2.75, 3.05) is 13.6 Å². The number of hydrogen-bond donors (Lipinski definition) is 1. The molecule has 2 aromatic carbocycles. The van der Waals surface area contributed by atoms with Crippen molar-refractivity contribution in [2.24, 2.45) is 10.7 Å². The summed E-state index contributed by atoms with van der Waals surface area (Å²) in [5.74, 6) is 0.606. The van der Waals surface area contributed by atoms with Crippen LogP contribution in [0.3, 0.4) is 0 Å². The van der Waals surface area contributed by atoms with Crippen LogP contribution in [0, 0.1) is 0 Å². The minimum atomic E-state index is -0.275. The normalized spacial score (nSPS) is 21.1. The predicted molar refractivity (Wildman–Crippen MR) is 101 cm³/mol. The van der Waals surface area contributed by atoms with Gasteiger partial charge in [-0.15, -0.1) is 11.3 Å². The maximum Gasteiger partial charge on any atom is 0.191 e. The van der Waals surface area contributed by atoms with Crippen LogP contribution in [0.2, 0.25) is 0 Å². The topological polar surface area (TPSA) is 54.5 Å². The summed E-state index contributed by atoms with van der Waals surface area (Å²) in [6.07, 6.45) is 0.952. The number of aliphatic imine (C=N–C) groups is 1. The fourth-order valence-corrected chi connectivity index (χ4v) is 4.05. The molecule has 24 heavy (non-hydrogen) atoms. The SMILES string of the molecule is CN1CC[C@@](C)(c2cccc(-c3nc4ccccc4s3)c2)N=C1N. The van der Waals surface area contributed by atoms with Gasteiger partial charge in [0.1, 0.15) is 5.01 Å². The van der Waals surface area contributed by atoms with Crippen LogP contribution >= 0.6 is 11.3 Å². The first-order valence-electron chi connectivity index (χ1n) is 8.08. The fraction of sp³-hybridized carbons (Fsp3) is 0.263. The van der Waals surface area contributed by atoms with Crippen molar-refractivity contribution < 1.29 is 0 Å². The van der Waals surface area contributed by atoms with Crippen LogP contribution in [0.5, 0.6) is 0 Å². The van der Waals surface area contributed by atoms with Crippen molar-refractivity contribution >= 4 is 27.5 Å². The molecular weight excluding hydrogens is 316 g/mol. The Hall–Kier alpha value is -2.40. The molecule has 0 aliphatic carbocycles. The number of nitrogens with two attached hydrogens (primary N) is 1. The van der Waals surface area contributed by atoms with E-state index in [0.717, 1.165) is 29.1 Å². The zero-order valence-corrected chi connectivity index (χ0v) is 14.7. The van der Waals surface area contributed by atoms with Crippen molar-refractivity contribution in [3.05, 3.63) is 54.1 Å². The molecule has 1 aliphatic rings. The first-order valence-corrected chi connectivity index (χ1v) is 8.90. The minimum Gasteiger partial charge on any atom is -0.370 e. The molecule has 0 fully saturated rings. The molecule has 2 heterocycles. The molecule has 0 amide bonds. The lowest BCUT2D eigenvalue weighted by Crippen LogP contribution is -2.43. The Labute approximate surface area is 145 Å². The fourth-order valence-electron chi connectivity index (χ4n) is 3.09. The monoisotopic (exact) mass is 336 g/mol. The summed E-state index contributed by atoms with van der Waals surface area (Å²) in [4.78, 5) is 11.5. The van der Waals surface area contributed by atoms with Gasteiger partial charge < -0.3 is 10.6 Å². The van der Waals surface area contributed by atoms with Gasteiger partial charge in [0.2, 0.25) is 0 Å². The van der Waals surface area contributed by atoms with Gasteiger partial charge in [0, 0.05) is 19.2 Å². The Bertz CT molecular complexity index is 897. The van der Waals surface area contributed by atoms with E-state index in [2.05, 4.69) is 49.4 Å². The summed E-state index contributed by atoms with van der Waals surface area (Å²) < 4.78 is 1.21. The van der Waals surface area contributed by atoms with Crippen LogP contribution < -0.4 is 5.73 Å². The number of benzene rings is 2. The lowest BCUT2D eigenvalue weighted by Gasteiger charge is -2.35. The number of aromatic nitrogens is 1. The van der Waals surface area contributed by atoms with E-state index in [1.165, 1.54) is 10.3 Å². The van der Waals surface area contributed by atoms with Gasteiger partial charge in [-0.3, -0.25) is 0 Å². The molecule has 122 valence electrons. The number of hydrogen-bond acceptors (Lipinski definition) is 5. The van der Waals surface area contributed by atoms with E-state index in [9.17, 15) is 0 Å². The molecule has 2 N–H and O–H groups in total. The summed E-state index contributed by atoms with van der Waals surface area (Å²) in [7, 11) is 1.98.